The minimum absolute atomic E-state index is 0.0332. The molecule has 3 aromatic rings. The molecule has 0 aliphatic rings. The molecule has 0 unspecified atom stereocenters. The Morgan fingerprint density at radius 3 is 2.52 bits per heavy atom. The van der Waals surface area contributed by atoms with Crippen molar-refractivity contribution in [3.05, 3.63) is 100 Å². The first kappa shape index (κ1) is 21.6. The van der Waals surface area contributed by atoms with Gasteiger partial charge < -0.3 is 15.2 Å². The topological polar surface area (TPSA) is 99.4 Å². The van der Waals surface area contributed by atoms with E-state index in [0.29, 0.717) is 22.9 Å². The molecule has 0 saturated carbocycles. The molecule has 154 valence electrons. The van der Waals surface area contributed by atoms with Crippen LogP contribution in [0.2, 0.25) is 5.02 Å². The van der Waals surface area contributed by atoms with Crippen molar-refractivity contribution in [2.24, 2.45) is 0 Å². The van der Waals surface area contributed by atoms with Crippen LogP contribution < -0.4 is 10.1 Å². The van der Waals surface area contributed by atoms with Gasteiger partial charge in [0.1, 0.15) is 24.0 Å². The van der Waals surface area contributed by atoms with Gasteiger partial charge in [0.25, 0.3) is 5.91 Å². The summed E-state index contributed by atoms with van der Waals surface area (Å²) in [6, 6.07) is 21.9. The molecule has 0 heterocycles. The third kappa shape index (κ3) is 6.20. The number of halogens is 1. The maximum Gasteiger partial charge on any atom is 0.335 e. The number of benzene rings is 3. The fourth-order valence-corrected chi connectivity index (χ4v) is 2.81. The minimum atomic E-state index is -1.11. The molecule has 7 heteroatoms. The summed E-state index contributed by atoms with van der Waals surface area (Å²) in [6.45, 7) is 0.343. The summed E-state index contributed by atoms with van der Waals surface area (Å²) in [7, 11) is 0. The largest absolute Gasteiger partial charge is 0.489 e. The number of carboxylic acid groups (broad SMARTS) is 1. The SMILES string of the molecule is N#C/C(=C\c1cccc(OCc2ccc(Cl)cc2)c1)C(=O)Nc1cccc(C(=O)O)c1. The number of carboxylic acids is 1. The van der Waals surface area contributed by atoms with E-state index in [0.717, 1.165) is 5.56 Å². The summed E-state index contributed by atoms with van der Waals surface area (Å²) in [4.78, 5) is 23.5. The van der Waals surface area contributed by atoms with E-state index in [1.165, 1.54) is 24.3 Å². The van der Waals surface area contributed by atoms with E-state index < -0.39 is 11.9 Å². The van der Waals surface area contributed by atoms with Crippen LogP contribution in [0.5, 0.6) is 5.75 Å². The third-order valence-electron chi connectivity index (χ3n) is 4.22. The highest BCUT2D eigenvalue weighted by Gasteiger charge is 2.11. The number of amides is 1. The molecule has 2 N–H and O–H groups in total. The van der Waals surface area contributed by atoms with Crippen molar-refractivity contribution >= 4 is 35.2 Å². The average Bonchev–Trinajstić information content (AvgIpc) is 2.77. The van der Waals surface area contributed by atoms with Gasteiger partial charge in [-0.15, -0.1) is 0 Å². The Kier molecular flexibility index (Phi) is 7.05. The summed E-state index contributed by atoms with van der Waals surface area (Å²) in [5.41, 5.74) is 1.75. The molecule has 0 radical (unpaired) electrons. The van der Waals surface area contributed by atoms with E-state index in [1.54, 1.807) is 42.5 Å². The lowest BCUT2D eigenvalue weighted by Crippen LogP contribution is -2.13. The predicted octanol–water partition coefficient (Wildman–Crippen LogP) is 5.16. The Balaban J connectivity index is 1.71. The average molecular weight is 433 g/mol. The molecule has 0 fully saturated rings. The van der Waals surface area contributed by atoms with Crippen LogP contribution in [0.3, 0.4) is 0 Å². The first-order chi connectivity index (χ1) is 14.9. The van der Waals surface area contributed by atoms with Crippen LogP contribution in [0.4, 0.5) is 5.69 Å². The number of anilines is 1. The molecule has 0 aliphatic heterocycles. The van der Waals surface area contributed by atoms with Gasteiger partial charge in [0.05, 0.1) is 5.56 Å². The molecular formula is C24H17ClN2O4. The van der Waals surface area contributed by atoms with Gasteiger partial charge in [-0.25, -0.2) is 4.79 Å². The molecule has 6 nitrogen and oxygen atoms in total. The standard InChI is InChI=1S/C24H17ClN2O4/c25-20-9-7-16(8-10-20)15-31-22-6-1-3-17(12-22)11-19(14-26)23(28)27-21-5-2-4-18(13-21)24(29)30/h1-13H,15H2,(H,27,28)(H,29,30)/b19-11+. The molecule has 3 rings (SSSR count). The molecule has 0 saturated heterocycles. The Morgan fingerprint density at radius 2 is 1.81 bits per heavy atom. The molecule has 0 bridgehead atoms. The molecule has 1 amide bonds. The lowest BCUT2D eigenvalue weighted by Gasteiger charge is -2.08. The molecule has 0 aliphatic carbocycles. The highest BCUT2D eigenvalue weighted by molar-refractivity contribution is 6.30. The Morgan fingerprint density at radius 1 is 1.06 bits per heavy atom. The normalized spacial score (nSPS) is 10.8. The maximum absolute atomic E-state index is 12.5. The van der Waals surface area contributed by atoms with Gasteiger partial charge in [-0.3, -0.25) is 4.79 Å². The van der Waals surface area contributed by atoms with Crippen molar-refractivity contribution in [2.75, 3.05) is 5.32 Å². The number of hydrogen-bond acceptors (Lipinski definition) is 4. The van der Waals surface area contributed by atoms with Crippen molar-refractivity contribution < 1.29 is 19.4 Å². The van der Waals surface area contributed by atoms with E-state index >= 15 is 0 Å². The number of hydrogen-bond donors (Lipinski definition) is 2. The van der Waals surface area contributed by atoms with Crippen molar-refractivity contribution in [1.82, 2.24) is 0 Å². The van der Waals surface area contributed by atoms with Crippen LogP contribution in [0.25, 0.3) is 6.08 Å². The molecule has 31 heavy (non-hydrogen) atoms. The summed E-state index contributed by atoms with van der Waals surface area (Å²) in [5.74, 6) is -1.17. The number of nitrogens with one attached hydrogen (secondary N) is 1. The number of nitriles is 1. The summed E-state index contributed by atoms with van der Waals surface area (Å²) >= 11 is 5.88. The molecular weight excluding hydrogens is 416 g/mol. The fourth-order valence-electron chi connectivity index (χ4n) is 2.69. The smallest absolute Gasteiger partial charge is 0.335 e. The second kappa shape index (κ2) is 10.1. The van der Waals surface area contributed by atoms with Crippen molar-refractivity contribution in [2.45, 2.75) is 6.61 Å². The lowest BCUT2D eigenvalue weighted by atomic mass is 10.1. The van der Waals surface area contributed by atoms with Crippen molar-refractivity contribution in [3.63, 3.8) is 0 Å². The maximum atomic E-state index is 12.5. The van der Waals surface area contributed by atoms with E-state index in [2.05, 4.69) is 5.32 Å². The van der Waals surface area contributed by atoms with Crippen LogP contribution in [-0.4, -0.2) is 17.0 Å². The lowest BCUT2D eigenvalue weighted by molar-refractivity contribution is -0.112. The number of carbonyl (C=O) groups is 2. The zero-order chi connectivity index (χ0) is 22.2. The second-order valence-electron chi connectivity index (χ2n) is 6.50. The molecule has 0 spiro atoms. The van der Waals surface area contributed by atoms with E-state index in [-0.39, 0.29) is 16.8 Å². The highest BCUT2D eigenvalue weighted by Crippen LogP contribution is 2.19. The first-order valence-corrected chi connectivity index (χ1v) is 9.56. The molecule has 0 aromatic heterocycles. The van der Waals surface area contributed by atoms with E-state index in [9.17, 15) is 14.9 Å². The fraction of sp³-hybridized carbons (Fsp3) is 0.0417. The van der Waals surface area contributed by atoms with Crippen LogP contribution in [0, 0.1) is 11.3 Å². The van der Waals surface area contributed by atoms with Crippen molar-refractivity contribution in [1.29, 1.82) is 5.26 Å². The number of aromatic carboxylic acids is 1. The molecule has 3 aromatic carbocycles. The zero-order valence-electron chi connectivity index (χ0n) is 16.2. The van der Waals surface area contributed by atoms with Gasteiger partial charge in [-0.2, -0.15) is 5.26 Å². The van der Waals surface area contributed by atoms with Gasteiger partial charge in [0.2, 0.25) is 0 Å². The quantitative estimate of drug-likeness (QED) is 0.396. The Labute approximate surface area is 184 Å². The first-order valence-electron chi connectivity index (χ1n) is 9.18. The summed E-state index contributed by atoms with van der Waals surface area (Å²) in [6.07, 6.45) is 1.44. The number of rotatable bonds is 7. The van der Waals surface area contributed by atoms with Crippen LogP contribution in [-0.2, 0) is 11.4 Å². The molecule has 0 atom stereocenters. The summed E-state index contributed by atoms with van der Waals surface area (Å²) < 4.78 is 5.77. The van der Waals surface area contributed by atoms with Gasteiger partial charge in [0, 0.05) is 10.7 Å². The predicted molar refractivity (Wildman–Crippen MR) is 118 cm³/mol. The zero-order valence-corrected chi connectivity index (χ0v) is 17.0. The van der Waals surface area contributed by atoms with Crippen LogP contribution in [0.15, 0.2) is 78.4 Å². The van der Waals surface area contributed by atoms with E-state index in [4.69, 9.17) is 21.4 Å². The highest BCUT2D eigenvalue weighted by atomic mass is 35.5. The van der Waals surface area contributed by atoms with Crippen molar-refractivity contribution in [3.8, 4) is 11.8 Å². The van der Waals surface area contributed by atoms with Gasteiger partial charge >= 0.3 is 5.97 Å². The third-order valence-corrected chi connectivity index (χ3v) is 4.47. The Bertz CT molecular complexity index is 1180. The van der Waals surface area contributed by atoms with Crippen LogP contribution >= 0.6 is 11.6 Å². The van der Waals surface area contributed by atoms with Gasteiger partial charge in [0.15, 0.2) is 0 Å². The number of ether oxygens (including phenoxy) is 1. The second-order valence-corrected chi connectivity index (χ2v) is 6.93. The van der Waals surface area contributed by atoms with E-state index in [1.807, 2.05) is 18.2 Å². The number of nitrogens with zero attached hydrogens (tertiary/aromatic N) is 1. The van der Waals surface area contributed by atoms with Gasteiger partial charge in [-0.05, 0) is 59.7 Å². The summed E-state index contributed by atoms with van der Waals surface area (Å²) in [5, 5.41) is 21.6. The number of carbonyl (C=O) groups excluding carboxylic acids is 1. The van der Waals surface area contributed by atoms with Crippen LogP contribution in [0.1, 0.15) is 21.5 Å². The van der Waals surface area contributed by atoms with Gasteiger partial charge in [-0.1, -0.05) is 41.9 Å². The monoisotopic (exact) mass is 432 g/mol. The minimum Gasteiger partial charge on any atom is -0.489 e. The Hall–Kier alpha value is -4.08.